The molecule has 25 heavy (non-hydrogen) atoms. The Balaban J connectivity index is 2.14. The number of carbonyl (C=O) groups is 3. The summed E-state index contributed by atoms with van der Waals surface area (Å²) in [7, 11) is 0. The third-order valence-electron chi connectivity index (χ3n) is 4.98. The van der Waals surface area contributed by atoms with Crippen molar-refractivity contribution in [2.45, 2.75) is 52.0 Å². The number of benzene rings is 1. The first-order chi connectivity index (χ1) is 11.9. The van der Waals surface area contributed by atoms with Gasteiger partial charge >= 0.3 is 0 Å². The maximum Gasteiger partial charge on any atom is 0.261 e. The maximum absolute atomic E-state index is 12.5. The Morgan fingerprint density at radius 1 is 1.12 bits per heavy atom. The molecule has 6 heteroatoms. The zero-order chi connectivity index (χ0) is 18.6. The molecule has 0 saturated carbocycles. The number of amides is 3. The van der Waals surface area contributed by atoms with Gasteiger partial charge in [0.25, 0.3) is 17.7 Å². The van der Waals surface area contributed by atoms with Gasteiger partial charge in [0.05, 0.1) is 11.1 Å². The van der Waals surface area contributed by atoms with Crippen molar-refractivity contribution < 1.29 is 14.4 Å². The first-order valence-electron chi connectivity index (χ1n) is 8.94. The van der Waals surface area contributed by atoms with Crippen molar-refractivity contribution in [1.82, 2.24) is 10.2 Å². The van der Waals surface area contributed by atoms with Gasteiger partial charge < -0.3 is 11.1 Å². The number of unbranched alkanes of at least 4 members (excludes halogenated alkanes) is 1. The molecule has 3 N–H and O–H groups in total. The van der Waals surface area contributed by atoms with Crippen molar-refractivity contribution in [3.05, 3.63) is 34.9 Å². The number of hydrogen-bond donors (Lipinski definition) is 2. The smallest absolute Gasteiger partial charge is 0.261 e. The maximum atomic E-state index is 12.5. The van der Waals surface area contributed by atoms with E-state index < -0.39 is 5.54 Å². The van der Waals surface area contributed by atoms with E-state index >= 15 is 0 Å². The van der Waals surface area contributed by atoms with Crippen LogP contribution in [0.3, 0.4) is 0 Å². The van der Waals surface area contributed by atoms with Crippen LogP contribution in [0, 0.1) is 0 Å². The van der Waals surface area contributed by atoms with Gasteiger partial charge in [-0.05, 0) is 37.5 Å². The molecular weight excluding hydrogens is 318 g/mol. The molecule has 1 aromatic rings. The number of hydrogen-bond acceptors (Lipinski definition) is 4. The summed E-state index contributed by atoms with van der Waals surface area (Å²) in [4.78, 5) is 38.4. The highest BCUT2D eigenvalue weighted by atomic mass is 16.2. The van der Waals surface area contributed by atoms with Gasteiger partial charge in [-0.1, -0.05) is 27.2 Å². The lowest BCUT2D eigenvalue weighted by molar-refractivity contribution is 0.0652. The van der Waals surface area contributed by atoms with Gasteiger partial charge in [-0.25, -0.2) is 0 Å². The largest absolute Gasteiger partial charge is 0.350 e. The summed E-state index contributed by atoms with van der Waals surface area (Å²) in [6.07, 6.45) is 3.18. The number of fused-ring (bicyclic) bond motifs is 1. The minimum Gasteiger partial charge on any atom is -0.350 e. The zero-order valence-corrected chi connectivity index (χ0v) is 15.2. The Labute approximate surface area is 148 Å². The molecule has 3 amide bonds. The number of rotatable bonds is 8. The Kier molecular flexibility index (Phi) is 5.95. The SMILES string of the molecule is CCCCN1C(=O)c2ccc(C(=O)NCC(N)(CC)CC)cc2C1=O. The van der Waals surface area contributed by atoms with E-state index in [1.165, 1.54) is 11.0 Å². The van der Waals surface area contributed by atoms with Crippen LogP contribution in [0.1, 0.15) is 77.5 Å². The van der Waals surface area contributed by atoms with Crippen LogP contribution in [-0.4, -0.2) is 41.2 Å². The Morgan fingerprint density at radius 2 is 1.76 bits per heavy atom. The van der Waals surface area contributed by atoms with Gasteiger partial charge in [-0.15, -0.1) is 0 Å². The topological polar surface area (TPSA) is 92.5 Å². The van der Waals surface area contributed by atoms with Gasteiger partial charge in [0.15, 0.2) is 0 Å². The molecule has 0 atom stereocenters. The number of imide groups is 1. The summed E-state index contributed by atoms with van der Waals surface area (Å²) < 4.78 is 0. The van der Waals surface area contributed by atoms with E-state index in [-0.39, 0.29) is 17.7 Å². The first kappa shape index (κ1) is 19.1. The summed E-state index contributed by atoms with van der Waals surface area (Å²) in [5, 5.41) is 2.83. The first-order valence-corrected chi connectivity index (χ1v) is 8.94. The van der Waals surface area contributed by atoms with Crippen LogP contribution < -0.4 is 11.1 Å². The second kappa shape index (κ2) is 7.78. The van der Waals surface area contributed by atoms with Crippen molar-refractivity contribution in [3.63, 3.8) is 0 Å². The van der Waals surface area contributed by atoms with Crippen LogP contribution in [-0.2, 0) is 0 Å². The Morgan fingerprint density at radius 3 is 2.36 bits per heavy atom. The lowest BCUT2D eigenvalue weighted by Crippen LogP contribution is -2.49. The molecule has 0 radical (unpaired) electrons. The summed E-state index contributed by atoms with van der Waals surface area (Å²) in [6, 6.07) is 4.65. The summed E-state index contributed by atoms with van der Waals surface area (Å²) >= 11 is 0. The molecule has 0 bridgehead atoms. The highest BCUT2D eigenvalue weighted by Gasteiger charge is 2.35. The zero-order valence-electron chi connectivity index (χ0n) is 15.2. The summed E-state index contributed by atoms with van der Waals surface area (Å²) in [6.45, 7) is 6.75. The molecule has 1 heterocycles. The van der Waals surface area contributed by atoms with Gasteiger partial charge in [0.2, 0.25) is 0 Å². The molecule has 6 nitrogen and oxygen atoms in total. The molecular formula is C19H27N3O3. The minimum atomic E-state index is -0.435. The molecule has 136 valence electrons. The molecule has 0 fully saturated rings. The van der Waals surface area contributed by atoms with Crippen LogP contribution >= 0.6 is 0 Å². The fourth-order valence-corrected chi connectivity index (χ4v) is 2.81. The normalized spacial score (nSPS) is 14.0. The average molecular weight is 345 g/mol. The molecule has 0 saturated heterocycles. The van der Waals surface area contributed by atoms with E-state index in [9.17, 15) is 14.4 Å². The molecule has 0 aromatic heterocycles. The van der Waals surface area contributed by atoms with Crippen LogP contribution in [0.15, 0.2) is 18.2 Å². The second-order valence-corrected chi connectivity index (χ2v) is 6.63. The lowest BCUT2D eigenvalue weighted by Gasteiger charge is -2.26. The molecule has 0 unspecified atom stereocenters. The van der Waals surface area contributed by atoms with Gasteiger partial charge in [0.1, 0.15) is 0 Å². The third-order valence-corrected chi connectivity index (χ3v) is 4.98. The van der Waals surface area contributed by atoms with Gasteiger partial charge in [0, 0.05) is 24.2 Å². The Hall–Kier alpha value is -2.21. The fourth-order valence-electron chi connectivity index (χ4n) is 2.81. The average Bonchev–Trinajstić information content (AvgIpc) is 2.87. The second-order valence-electron chi connectivity index (χ2n) is 6.63. The molecule has 1 aliphatic heterocycles. The van der Waals surface area contributed by atoms with Crippen LogP contribution in [0.25, 0.3) is 0 Å². The van der Waals surface area contributed by atoms with E-state index in [1.807, 2.05) is 20.8 Å². The molecule has 1 aromatic carbocycles. The predicted molar refractivity (Wildman–Crippen MR) is 96.6 cm³/mol. The number of nitrogens with zero attached hydrogens (tertiary/aromatic N) is 1. The Bertz CT molecular complexity index is 680. The van der Waals surface area contributed by atoms with E-state index in [0.717, 1.165) is 25.7 Å². The van der Waals surface area contributed by atoms with E-state index in [4.69, 9.17) is 5.73 Å². The van der Waals surface area contributed by atoms with Gasteiger partial charge in [-0.3, -0.25) is 19.3 Å². The van der Waals surface area contributed by atoms with Crippen molar-refractivity contribution in [1.29, 1.82) is 0 Å². The van der Waals surface area contributed by atoms with E-state index in [1.54, 1.807) is 12.1 Å². The highest BCUT2D eigenvalue weighted by molar-refractivity contribution is 6.22. The van der Waals surface area contributed by atoms with E-state index in [2.05, 4.69) is 5.32 Å². The minimum absolute atomic E-state index is 0.279. The van der Waals surface area contributed by atoms with E-state index in [0.29, 0.717) is 29.8 Å². The predicted octanol–water partition coefficient (Wildman–Crippen LogP) is 2.33. The monoisotopic (exact) mass is 345 g/mol. The molecule has 2 rings (SSSR count). The van der Waals surface area contributed by atoms with Gasteiger partial charge in [-0.2, -0.15) is 0 Å². The highest BCUT2D eigenvalue weighted by Crippen LogP contribution is 2.24. The van der Waals surface area contributed by atoms with Crippen LogP contribution in [0.2, 0.25) is 0 Å². The van der Waals surface area contributed by atoms with Crippen LogP contribution in [0.5, 0.6) is 0 Å². The number of carbonyl (C=O) groups excluding carboxylic acids is 3. The van der Waals surface area contributed by atoms with Crippen molar-refractivity contribution >= 4 is 17.7 Å². The fraction of sp³-hybridized carbons (Fsp3) is 0.526. The molecule has 0 aliphatic carbocycles. The van der Waals surface area contributed by atoms with Crippen molar-refractivity contribution in [2.75, 3.05) is 13.1 Å². The lowest BCUT2D eigenvalue weighted by atomic mass is 9.94. The summed E-state index contributed by atoms with van der Waals surface area (Å²) in [5.41, 5.74) is 6.80. The van der Waals surface area contributed by atoms with Crippen molar-refractivity contribution in [3.8, 4) is 0 Å². The number of nitrogens with one attached hydrogen (secondary N) is 1. The summed E-state index contributed by atoms with van der Waals surface area (Å²) in [5.74, 6) is -0.886. The third kappa shape index (κ3) is 3.90. The molecule has 0 spiro atoms. The van der Waals surface area contributed by atoms with Crippen molar-refractivity contribution in [2.24, 2.45) is 5.73 Å². The molecule has 1 aliphatic rings. The quantitative estimate of drug-likeness (QED) is 0.707. The number of nitrogens with two attached hydrogens (primary N) is 1. The standard InChI is InChI=1S/C19H27N3O3/c1-4-7-10-22-17(24)14-9-8-13(11-15(14)18(22)25)16(23)21-12-19(20,5-2)6-3/h8-9,11H,4-7,10,12,20H2,1-3H3,(H,21,23). The van der Waals surface area contributed by atoms with Crippen LogP contribution in [0.4, 0.5) is 0 Å².